The second kappa shape index (κ2) is 5.20. The molecule has 0 N–H and O–H groups in total. The topological polar surface area (TPSA) is 86.5 Å². The molecule has 17 heavy (non-hydrogen) atoms. The summed E-state index contributed by atoms with van der Waals surface area (Å²) >= 11 is 0. The highest BCUT2D eigenvalue weighted by Gasteiger charge is 2.26. The maximum atomic E-state index is 11.6. The summed E-state index contributed by atoms with van der Waals surface area (Å²) in [6.45, 7) is 2.91. The van der Waals surface area contributed by atoms with Crippen LogP contribution in [0.15, 0.2) is 18.2 Å². The van der Waals surface area contributed by atoms with E-state index in [1.165, 1.54) is 25.1 Å². The highest BCUT2D eigenvalue weighted by Crippen LogP contribution is 2.23. The van der Waals surface area contributed by atoms with Gasteiger partial charge < -0.3 is 4.74 Å². The van der Waals surface area contributed by atoms with Crippen molar-refractivity contribution in [3.05, 3.63) is 39.4 Å². The van der Waals surface area contributed by atoms with Gasteiger partial charge in [0.2, 0.25) is 0 Å². The minimum atomic E-state index is -0.856. The number of nitro benzene ring substituents is 1. The number of esters is 1. The molecule has 0 bridgehead atoms. The molecule has 0 aliphatic carbocycles. The Bertz CT molecular complexity index is 449. The predicted octanol–water partition coefficient (Wildman–Crippen LogP) is 1.97. The first-order valence-electron chi connectivity index (χ1n) is 4.94. The van der Waals surface area contributed by atoms with E-state index in [4.69, 9.17) is 4.74 Å². The molecule has 0 aromatic heterocycles. The minimum Gasteiger partial charge on any atom is -0.462 e. The van der Waals surface area contributed by atoms with Crippen molar-refractivity contribution >= 4 is 17.4 Å². The summed E-state index contributed by atoms with van der Waals surface area (Å²) in [6.07, 6.45) is 0. The first kappa shape index (κ1) is 12.8. The van der Waals surface area contributed by atoms with Crippen LogP contribution in [0.2, 0.25) is 0 Å². The third-order valence-corrected chi connectivity index (χ3v) is 2.10. The Balaban J connectivity index is 3.43. The lowest BCUT2D eigenvalue weighted by Gasteiger charge is -2.06. The fourth-order valence-corrected chi connectivity index (χ4v) is 1.40. The number of hydrogen-bond donors (Lipinski definition) is 0. The maximum Gasteiger partial charge on any atom is 0.345 e. The van der Waals surface area contributed by atoms with Crippen LogP contribution in [0.4, 0.5) is 5.69 Å². The number of benzene rings is 1. The third-order valence-electron chi connectivity index (χ3n) is 2.10. The van der Waals surface area contributed by atoms with Crippen molar-refractivity contribution in [2.24, 2.45) is 0 Å². The monoisotopic (exact) mass is 237 g/mol. The number of rotatable bonds is 4. The number of carbonyl (C=O) groups excluding carboxylic acids is 2. The van der Waals surface area contributed by atoms with Gasteiger partial charge in [-0.15, -0.1) is 0 Å². The van der Waals surface area contributed by atoms with E-state index in [9.17, 15) is 19.7 Å². The Morgan fingerprint density at radius 1 is 1.41 bits per heavy atom. The molecule has 1 rings (SSSR count). The number of nitro groups is 1. The van der Waals surface area contributed by atoms with Gasteiger partial charge in [-0.1, -0.05) is 12.1 Å². The summed E-state index contributed by atoms with van der Waals surface area (Å²) in [5.41, 5.74) is -0.708. The third kappa shape index (κ3) is 2.66. The fourth-order valence-electron chi connectivity index (χ4n) is 1.40. The molecule has 0 amide bonds. The van der Waals surface area contributed by atoms with Crippen molar-refractivity contribution in [1.82, 2.24) is 0 Å². The average molecular weight is 237 g/mol. The fraction of sp³-hybridized carbons (Fsp3) is 0.273. The SMILES string of the molecule is CCOC(=O)c1c(C(C)=O)cccc1[N+](=O)[O-]. The smallest absolute Gasteiger partial charge is 0.345 e. The van der Waals surface area contributed by atoms with E-state index in [-0.39, 0.29) is 17.7 Å². The maximum absolute atomic E-state index is 11.6. The molecule has 1 aromatic rings. The van der Waals surface area contributed by atoms with E-state index in [2.05, 4.69) is 0 Å². The zero-order valence-corrected chi connectivity index (χ0v) is 9.43. The molecule has 0 atom stereocenters. The molecular weight excluding hydrogens is 226 g/mol. The van der Waals surface area contributed by atoms with Crippen molar-refractivity contribution in [2.75, 3.05) is 6.61 Å². The van der Waals surface area contributed by atoms with E-state index < -0.39 is 22.4 Å². The van der Waals surface area contributed by atoms with E-state index in [1.54, 1.807) is 6.92 Å². The van der Waals surface area contributed by atoms with Crippen LogP contribution in [0.25, 0.3) is 0 Å². The van der Waals surface area contributed by atoms with Gasteiger partial charge in [-0.05, 0) is 13.8 Å². The summed E-state index contributed by atoms with van der Waals surface area (Å²) in [5.74, 6) is -1.28. The molecule has 90 valence electrons. The Morgan fingerprint density at radius 2 is 2.06 bits per heavy atom. The second-order valence-electron chi connectivity index (χ2n) is 3.23. The van der Waals surface area contributed by atoms with E-state index in [1.807, 2.05) is 0 Å². The predicted molar refractivity (Wildman–Crippen MR) is 59.1 cm³/mol. The molecule has 0 radical (unpaired) electrons. The lowest BCUT2D eigenvalue weighted by atomic mass is 10.0. The molecule has 0 aliphatic heterocycles. The molecule has 1 aromatic carbocycles. The van der Waals surface area contributed by atoms with Gasteiger partial charge in [0.1, 0.15) is 5.56 Å². The average Bonchev–Trinajstić information content (AvgIpc) is 2.28. The van der Waals surface area contributed by atoms with Gasteiger partial charge in [-0.25, -0.2) is 4.79 Å². The van der Waals surface area contributed by atoms with Crippen molar-refractivity contribution in [1.29, 1.82) is 0 Å². The Labute approximate surface area is 97.3 Å². The van der Waals surface area contributed by atoms with Gasteiger partial charge >= 0.3 is 5.97 Å². The van der Waals surface area contributed by atoms with E-state index in [0.717, 1.165) is 0 Å². The molecule has 0 saturated heterocycles. The highest BCUT2D eigenvalue weighted by molar-refractivity contribution is 6.07. The first-order chi connectivity index (χ1) is 7.99. The van der Waals surface area contributed by atoms with Crippen LogP contribution in [0.1, 0.15) is 34.6 Å². The lowest BCUT2D eigenvalue weighted by Crippen LogP contribution is -2.13. The minimum absolute atomic E-state index is 0.00218. The van der Waals surface area contributed by atoms with Gasteiger partial charge in [0.25, 0.3) is 5.69 Å². The summed E-state index contributed by atoms with van der Waals surface area (Å²) in [7, 11) is 0. The molecule has 0 heterocycles. The summed E-state index contributed by atoms with van der Waals surface area (Å²) in [6, 6.07) is 3.89. The van der Waals surface area contributed by atoms with Crippen molar-refractivity contribution in [3.8, 4) is 0 Å². The van der Waals surface area contributed by atoms with Gasteiger partial charge in [0, 0.05) is 11.6 Å². The van der Waals surface area contributed by atoms with Crippen LogP contribution >= 0.6 is 0 Å². The van der Waals surface area contributed by atoms with Crippen LogP contribution in [0, 0.1) is 10.1 Å². The number of Topliss-reactive ketones (excluding diaryl/α,β-unsaturated/α-hetero) is 1. The second-order valence-corrected chi connectivity index (χ2v) is 3.23. The van der Waals surface area contributed by atoms with Crippen LogP contribution in [0.5, 0.6) is 0 Å². The molecule has 0 fully saturated rings. The van der Waals surface area contributed by atoms with Crippen LogP contribution < -0.4 is 0 Å². The number of hydrogen-bond acceptors (Lipinski definition) is 5. The Kier molecular flexibility index (Phi) is 3.92. The zero-order valence-electron chi connectivity index (χ0n) is 9.43. The molecule has 0 aliphatic rings. The highest BCUT2D eigenvalue weighted by atomic mass is 16.6. The van der Waals surface area contributed by atoms with Gasteiger partial charge in [0.05, 0.1) is 11.5 Å². The van der Waals surface area contributed by atoms with E-state index in [0.29, 0.717) is 0 Å². The van der Waals surface area contributed by atoms with Crippen molar-refractivity contribution < 1.29 is 19.2 Å². The molecule has 6 nitrogen and oxygen atoms in total. The van der Waals surface area contributed by atoms with Crippen LogP contribution in [-0.2, 0) is 4.74 Å². The molecule has 0 spiro atoms. The summed E-state index contributed by atoms with van der Waals surface area (Å²) in [4.78, 5) is 33.0. The Morgan fingerprint density at radius 3 is 2.53 bits per heavy atom. The number of nitrogens with zero attached hydrogens (tertiary/aromatic N) is 1. The quantitative estimate of drug-likeness (QED) is 0.346. The standard InChI is InChI=1S/C11H11NO5/c1-3-17-11(14)10-8(7(2)13)5-4-6-9(10)12(15)16/h4-6H,3H2,1-2H3. The van der Waals surface area contributed by atoms with Crippen LogP contribution in [-0.4, -0.2) is 23.3 Å². The molecule has 0 unspecified atom stereocenters. The molecular formula is C11H11NO5. The number of carbonyl (C=O) groups is 2. The lowest BCUT2D eigenvalue weighted by molar-refractivity contribution is -0.385. The number of ketones is 1. The van der Waals surface area contributed by atoms with Gasteiger partial charge in [-0.3, -0.25) is 14.9 Å². The molecule has 6 heteroatoms. The summed E-state index contributed by atoms with van der Waals surface area (Å²) in [5, 5.41) is 10.8. The first-order valence-corrected chi connectivity index (χ1v) is 4.94. The van der Waals surface area contributed by atoms with Gasteiger partial charge in [-0.2, -0.15) is 0 Å². The van der Waals surface area contributed by atoms with Crippen LogP contribution in [0.3, 0.4) is 0 Å². The van der Waals surface area contributed by atoms with Crippen molar-refractivity contribution in [2.45, 2.75) is 13.8 Å². The molecule has 0 saturated carbocycles. The van der Waals surface area contributed by atoms with Crippen molar-refractivity contribution in [3.63, 3.8) is 0 Å². The Hall–Kier alpha value is -2.24. The zero-order chi connectivity index (χ0) is 13.0. The summed E-state index contributed by atoms with van der Waals surface area (Å²) < 4.78 is 4.71. The number of ether oxygens (including phenoxy) is 1. The largest absolute Gasteiger partial charge is 0.462 e. The van der Waals surface area contributed by atoms with E-state index >= 15 is 0 Å². The normalized spacial score (nSPS) is 9.76. The van der Waals surface area contributed by atoms with Gasteiger partial charge in [0.15, 0.2) is 5.78 Å².